The van der Waals surface area contributed by atoms with Crippen molar-refractivity contribution in [3.05, 3.63) is 77.1 Å². The van der Waals surface area contributed by atoms with Crippen LogP contribution in [0.5, 0.6) is 0 Å². The molecule has 0 saturated carbocycles. The Hall–Kier alpha value is -3.79. The third-order valence-electron chi connectivity index (χ3n) is 5.47. The maximum absolute atomic E-state index is 11.5. The van der Waals surface area contributed by atoms with E-state index in [-0.39, 0.29) is 6.04 Å². The van der Waals surface area contributed by atoms with Crippen LogP contribution in [0.25, 0.3) is 16.9 Å². The molecule has 10 heteroatoms. The topological polar surface area (TPSA) is 118 Å². The van der Waals surface area contributed by atoms with Crippen LogP contribution in [0.2, 0.25) is 0 Å². The van der Waals surface area contributed by atoms with Gasteiger partial charge in [0.1, 0.15) is 17.6 Å². The number of anilines is 3. The van der Waals surface area contributed by atoms with Crippen molar-refractivity contribution >= 4 is 32.9 Å². The standard InChI is InChI=1S/C22H20N6O3S/c1-32(30,31)27-16-5-2-14(3-6-16)21-22(28-11-10-23-13-20(28)25-21)24-17-7-8-18-15(12-17)4-9-19(18)26-29/h2-3,5-8,10-13,19,24,27H,4,9H2,1H3. The number of nitrogens with one attached hydrogen (secondary N) is 2. The Morgan fingerprint density at radius 1 is 1.12 bits per heavy atom. The molecule has 2 heterocycles. The predicted molar refractivity (Wildman–Crippen MR) is 123 cm³/mol. The number of nitrogens with zero attached hydrogens (tertiary/aromatic N) is 4. The van der Waals surface area contributed by atoms with E-state index in [9.17, 15) is 13.3 Å². The molecule has 0 saturated heterocycles. The highest BCUT2D eigenvalue weighted by molar-refractivity contribution is 7.92. The average Bonchev–Trinajstić information content (AvgIpc) is 3.34. The third kappa shape index (κ3) is 3.80. The first kappa shape index (κ1) is 20.1. The zero-order chi connectivity index (χ0) is 22.3. The summed E-state index contributed by atoms with van der Waals surface area (Å²) in [5.41, 5.74) is 5.67. The first-order valence-corrected chi connectivity index (χ1v) is 11.9. The van der Waals surface area contributed by atoms with E-state index < -0.39 is 10.0 Å². The number of imidazole rings is 1. The van der Waals surface area contributed by atoms with Gasteiger partial charge in [-0.3, -0.25) is 14.1 Å². The fourth-order valence-corrected chi connectivity index (χ4v) is 4.62. The maximum Gasteiger partial charge on any atom is 0.229 e. The lowest BCUT2D eigenvalue weighted by Crippen LogP contribution is -2.09. The van der Waals surface area contributed by atoms with Crippen LogP contribution in [-0.4, -0.2) is 29.0 Å². The number of nitroso groups, excluding NO2 is 1. The highest BCUT2D eigenvalue weighted by atomic mass is 32.2. The molecule has 0 amide bonds. The van der Waals surface area contributed by atoms with Gasteiger partial charge >= 0.3 is 0 Å². The highest BCUT2D eigenvalue weighted by Gasteiger charge is 2.23. The fourth-order valence-electron chi connectivity index (χ4n) is 4.06. The number of sulfonamides is 1. The minimum atomic E-state index is -3.35. The number of hydrogen-bond donors (Lipinski definition) is 2. The van der Waals surface area contributed by atoms with Gasteiger partial charge in [0.2, 0.25) is 10.0 Å². The van der Waals surface area contributed by atoms with Crippen LogP contribution in [-0.2, 0) is 16.4 Å². The second-order valence-corrected chi connectivity index (χ2v) is 9.51. The van der Waals surface area contributed by atoms with Crippen LogP contribution in [0.4, 0.5) is 17.2 Å². The molecule has 5 rings (SSSR count). The van der Waals surface area contributed by atoms with Crippen LogP contribution < -0.4 is 10.0 Å². The molecule has 0 fully saturated rings. The zero-order valence-corrected chi connectivity index (χ0v) is 18.0. The summed E-state index contributed by atoms with van der Waals surface area (Å²) in [5.74, 6) is 0.759. The summed E-state index contributed by atoms with van der Waals surface area (Å²) in [6.07, 6.45) is 7.86. The van der Waals surface area contributed by atoms with E-state index in [1.165, 1.54) is 0 Å². The molecule has 4 aromatic rings. The van der Waals surface area contributed by atoms with Crippen molar-refractivity contribution in [1.29, 1.82) is 0 Å². The Kier molecular flexibility index (Phi) is 4.86. The van der Waals surface area contributed by atoms with Crippen molar-refractivity contribution in [3.63, 3.8) is 0 Å². The van der Waals surface area contributed by atoms with Gasteiger partial charge in [0.05, 0.1) is 12.5 Å². The number of fused-ring (bicyclic) bond motifs is 2. The maximum atomic E-state index is 11.5. The van der Waals surface area contributed by atoms with Crippen molar-refractivity contribution in [1.82, 2.24) is 14.4 Å². The smallest absolute Gasteiger partial charge is 0.229 e. The van der Waals surface area contributed by atoms with Gasteiger partial charge in [-0.05, 0) is 48.2 Å². The van der Waals surface area contributed by atoms with Crippen LogP contribution in [0, 0.1) is 4.91 Å². The molecule has 162 valence electrons. The van der Waals surface area contributed by atoms with Gasteiger partial charge in [-0.1, -0.05) is 23.4 Å². The molecule has 1 unspecified atom stereocenters. The van der Waals surface area contributed by atoms with E-state index in [0.29, 0.717) is 17.0 Å². The van der Waals surface area contributed by atoms with E-state index in [4.69, 9.17) is 4.98 Å². The summed E-state index contributed by atoms with van der Waals surface area (Å²) in [4.78, 5) is 19.9. The van der Waals surface area contributed by atoms with Crippen LogP contribution in [0.15, 0.2) is 66.2 Å². The number of aromatic nitrogens is 3. The third-order valence-corrected chi connectivity index (χ3v) is 6.08. The first-order valence-electron chi connectivity index (χ1n) is 10.0. The second-order valence-electron chi connectivity index (χ2n) is 7.76. The Balaban J connectivity index is 1.54. The number of benzene rings is 2. The molecular formula is C22H20N6O3S. The number of aryl methyl sites for hydroxylation is 1. The van der Waals surface area contributed by atoms with E-state index in [1.54, 1.807) is 24.5 Å². The molecule has 0 radical (unpaired) electrons. The zero-order valence-electron chi connectivity index (χ0n) is 17.2. The summed E-state index contributed by atoms with van der Waals surface area (Å²) in [6.45, 7) is 0. The van der Waals surface area contributed by atoms with Crippen molar-refractivity contribution in [3.8, 4) is 11.3 Å². The fraction of sp³-hybridized carbons (Fsp3) is 0.182. The Morgan fingerprint density at radius 3 is 2.66 bits per heavy atom. The summed E-state index contributed by atoms with van der Waals surface area (Å²) in [5, 5.41) is 6.69. The van der Waals surface area contributed by atoms with Crippen molar-refractivity contribution in [2.45, 2.75) is 18.9 Å². The Morgan fingerprint density at radius 2 is 1.91 bits per heavy atom. The van der Waals surface area contributed by atoms with Crippen LogP contribution in [0.3, 0.4) is 0 Å². The number of hydrogen-bond acceptors (Lipinski definition) is 7. The van der Waals surface area contributed by atoms with E-state index in [1.807, 2.05) is 40.9 Å². The van der Waals surface area contributed by atoms with Gasteiger partial charge < -0.3 is 5.32 Å². The summed E-state index contributed by atoms with van der Waals surface area (Å²) >= 11 is 0. The predicted octanol–water partition coefficient (Wildman–Crippen LogP) is 4.27. The molecule has 2 N–H and O–H groups in total. The van der Waals surface area contributed by atoms with Gasteiger partial charge in [-0.25, -0.2) is 13.4 Å². The molecule has 2 aromatic heterocycles. The van der Waals surface area contributed by atoms with E-state index >= 15 is 0 Å². The molecule has 0 bridgehead atoms. The first-order chi connectivity index (χ1) is 15.4. The van der Waals surface area contributed by atoms with Gasteiger partial charge in [-0.2, -0.15) is 4.91 Å². The largest absolute Gasteiger partial charge is 0.339 e. The molecule has 32 heavy (non-hydrogen) atoms. The second kappa shape index (κ2) is 7.72. The molecular weight excluding hydrogens is 428 g/mol. The van der Waals surface area contributed by atoms with Gasteiger partial charge in [0, 0.05) is 29.3 Å². The number of rotatable bonds is 6. The molecule has 1 aliphatic rings. The van der Waals surface area contributed by atoms with E-state index in [0.717, 1.165) is 47.3 Å². The van der Waals surface area contributed by atoms with Crippen molar-refractivity contribution in [2.24, 2.45) is 5.18 Å². The molecule has 2 aromatic carbocycles. The highest BCUT2D eigenvalue weighted by Crippen LogP contribution is 2.37. The molecule has 1 atom stereocenters. The Bertz CT molecular complexity index is 1430. The SMILES string of the molecule is CS(=O)(=O)Nc1ccc(-c2nc3cnccn3c2Nc2ccc3c(c2)CCC3N=O)cc1. The lowest BCUT2D eigenvalue weighted by atomic mass is 10.1. The summed E-state index contributed by atoms with van der Waals surface area (Å²) < 4.78 is 27.3. The quantitative estimate of drug-likeness (QED) is 0.426. The molecule has 9 nitrogen and oxygen atoms in total. The molecule has 0 spiro atoms. The average molecular weight is 449 g/mol. The summed E-state index contributed by atoms with van der Waals surface area (Å²) in [7, 11) is -3.35. The Labute approximate surface area is 184 Å². The van der Waals surface area contributed by atoms with Crippen LogP contribution in [0.1, 0.15) is 23.6 Å². The van der Waals surface area contributed by atoms with Gasteiger partial charge in [-0.15, -0.1) is 0 Å². The lowest BCUT2D eigenvalue weighted by molar-refractivity contribution is 0.607. The van der Waals surface area contributed by atoms with E-state index in [2.05, 4.69) is 20.2 Å². The van der Waals surface area contributed by atoms with Gasteiger partial charge in [0.25, 0.3) is 0 Å². The minimum Gasteiger partial charge on any atom is -0.339 e. The van der Waals surface area contributed by atoms with Crippen molar-refractivity contribution < 1.29 is 8.42 Å². The van der Waals surface area contributed by atoms with Crippen molar-refractivity contribution in [2.75, 3.05) is 16.3 Å². The lowest BCUT2D eigenvalue weighted by Gasteiger charge is -2.11. The summed E-state index contributed by atoms with van der Waals surface area (Å²) in [6, 6.07) is 12.7. The van der Waals surface area contributed by atoms with Gasteiger partial charge in [0.15, 0.2) is 5.65 Å². The molecule has 1 aliphatic carbocycles. The van der Waals surface area contributed by atoms with Crippen LogP contribution >= 0.6 is 0 Å². The normalized spacial score (nSPS) is 15.5. The monoisotopic (exact) mass is 448 g/mol. The molecule has 0 aliphatic heterocycles. The minimum absolute atomic E-state index is 0.268.